The summed E-state index contributed by atoms with van der Waals surface area (Å²) in [5, 5.41) is 12.9. The smallest absolute Gasteiger partial charge is 0.271 e. The molecule has 5 aromatic rings. The van der Waals surface area contributed by atoms with E-state index in [1.54, 1.807) is 48.5 Å². The van der Waals surface area contributed by atoms with Gasteiger partial charge in [-0.1, -0.05) is 42.0 Å². The van der Waals surface area contributed by atoms with Crippen LogP contribution in [0.5, 0.6) is 17.2 Å². The van der Waals surface area contributed by atoms with E-state index in [2.05, 4.69) is 26.1 Å². The highest BCUT2D eigenvalue weighted by atomic mass is 32.1. The first-order valence-corrected chi connectivity index (χ1v) is 14.8. The molecule has 0 saturated heterocycles. The SMILES string of the molecule is COc1ccccc1NC(=O)COc1ccc(/C=N/NC(=O)c2ccc(-c3csc(Nc4ccc(C)cc4)n3)cc2)cc1OC. The van der Waals surface area contributed by atoms with Gasteiger partial charge in [0.05, 0.1) is 31.8 Å². The number of aromatic nitrogens is 1. The third-order valence-corrected chi connectivity index (χ3v) is 7.31. The average molecular weight is 622 g/mol. The Morgan fingerprint density at radius 3 is 2.40 bits per heavy atom. The van der Waals surface area contributed by atoms with Gasteiger partial charge in [-0.05, 0) is 67.1 Å². The van der Waals surface area contributed by atoms with Gasteiger partial charge in [-0.25, -0.2) is 10.4 Å². The summed E-state index contributed by atoms with van der Waals surface area (Å²) in [7, 11) is 3.03. The zero-order valence-corrected chi connectivity index (χ0v) is 25.7. The predicted molar refractivity (Wildman–Crippen MR) is 177 cm³/mol. The Bertz CT molecular complexity index is 1800. The first kappa shape index (κ1) is 30.8. The van der Waals surface area contributed by atoms with Gasteiger partial charge >= 0.3 is 0 Å². The fourth-order valence-corrected chi connectivity index (χ4v) is 4.95. The van der Waals surface area contributed by atoms with E-state index in [4.69, 9.17) is 14.2 Å². The molecule has 1 heterocycles. The Morgan fingerprint density at radius 1 is 0.889 bits per heavy atom. The van der Waals surface area contributed by atoms with Crippen LogP contribution in [0.4, 0.5) is 16.5 Å². The number of nitrogens with zero attached hydrogens (tertiary/aromatic N) is 2. The summed E-state index contributed by atoms with van der Waals surface area (Å²) in [5.41, 5.74) is 8.08. The molecule has 0 aliphatic heterocycles. The lowest BCUT2D eigenvalue weighted by atomic mass is 10.1. The van der Waals surface area contributed by atoms with Crippen molar-refractivity contribution in [1.29, 1.82) is 0 Å². The number of methoxy groups -OCH3 is 2. The first-order chi connectivity index (χ1) is 21.9. The van der Waals surface area contributed by atoms with Gasteiger partial charge in [-0.3, -0.25) is 9.59 Å². The van der Waals surface area contributed by atoms with Crippen LogP contribution in [-0.4, -0.2) is 43.8 Å². The van der Waals surface area contributed by atoms with E-state index in [9.17, 15) is 9.59 Å². The van der Waals surface area contributed by atoms with Crippen molar-refractivity contribution in [3.63, 3.8) is 0 Å². The third-order valence-electron chi connectivity index (χ3n) is 6.56. The molecule has 0 unspecified atom stereocenters. The van der Waals surface area contributed by atoms with E-state index in [-0.39, 0.29) is 18.4 Å². The number of ether oxygens (including phenoxy) is 3. The Balaban J connectivity index is 1.13. The van der Waals surface area contributed by atoms with E-state index in [1.165, 1.54) is 37.3 Å². The minimum atomic E-state index is -0.356. The number of anilines is 3. The Hall–Kier alpha value is -5.68. The molecule has 3 N–H and O–H groups in total. The molecule has 2 amide bonds. The lowest BCUT2D eigenvalue weighted by Crippen LogP contribution is -2.20. The highest BCUT2D eigenvalue weighted by Gasteiger charge is 2.12. The fraction of sp³-hybridized carbons (Fsp3) is 0.118. The van der Waals surface area contributed by atoms with Crippen LogP contribution in [0.25, 0.3) is 11.3 Å². The number of para-hydroxylation sites is 2. The van der Waals surface area contributed by atoms with Gasteiger partial charge in [0.2, 0.25) is 0 Å². The maximum absolute atomic E-state index is 12.7. The van der Waals surface area contributed by atoms with E-state index < -0.39 is 0 Å². The monoisotopic (exact) mass is 621 g/mol. The molecule has 0 bridgehead atoms. The van der Waals surface area contributed by atoms with Crippen LogP contribution < -0.4 is 30.3 Å². The summed E-state index contributed by atoms with van der Waals surface area (Å²) in [6.07, 6.45) is 1.49. The largest absolute Gasteiger partial charge is 0.495 e. The number of amides is 2. The number of carbonyl (C=O) groups excluding carboxylic acids is 2. The minimum Gasteiger partial charge on any atom is -0.495 e. The average Bonchev–Trinajstić information content (AvgIpc) is 3.53. The maximum atomic E-state index is 12.7. The minimum absolute atomic E-state index is 0.232. The van der Waals surface area contributed by atoms with Crippen molar-refractivity contribution in [1.82, 2.24) is 10.4 Å². The normalized spacial score (nSPS) is 10.7. The fourth-order valence-electron chi connectivity index (χ4n) is 4.21. The molecule has 11 heteroatoms. The second-order valence-corrected chi connectivity index (χ2v) is 10.6. The second-order valence-electron chi connectivity index (χ2n) is 9.75. The number of nitrogens with one attached hydrogen (secondary N) is 3. The van der Waals surface area contributed by atoms with Crippen LogP contribution in [-0.2, 0) is 4.79 Å². The predicted octanol–water partition coefficient (Wildman–Crippen LogP) is 6.66. The molecule has 5 rings (SSSR count). The number of hydrazone groups is 1. The number of hydrogen-bond acceptors (Lipinski definition) is 9. The first-order valence-electron chi connectivity index (χ1n) is 13.9. The van der Waals surface area contributed by atoms with Crippen molar-refractivity contribution in [2.75, 3.05) is 31.5 Å². The van der Waals surface area contributed by atoms with E-state index in [0.29, 0.717) is 34.1 Å². The molecule has 0 aliphatic rings. The number of hydrogen-bond donors (Lipinski definition) is 3. The Labute approximate surface area is 264 Å². The van der Waals surface area contributed by atoms with Gasteiger partial charge in [0, 0.05) is 22.2 Å². The molecule has 10 nitrogen and oxygen atoms in total. The molecule has 0 spiro atoms. The number of carbonyl (C=O) groups is 2. The van der Waals surface area contributed by atoms with Crippen molar-refractivity contribution in [2.24, 2.45) is 5.10 Å². The lowest BCUT2D eigenvalue weighted by molar-refractivity contribution is -0.118. The van der Waals surface area contributed by atoms with Crippen LogP contribution in [0.1, 0.15) is 21.5 Å². The number of benzene rings is 4. The number of aryl methyl sites for hydroxylation is 1. The lowest BCUT2D eigenvalue weighted by Gasteiger charge is -2.12. The summed E-state index contributed by atoms with van der Waals surface area (Å²) in [6, 6.07) is 27.5. The number of rotatable bonds is 12. The molecule has 45 heavy (non-hydrogen) atoms. The van der Waals surface area contributed by atoms with Gasteiger partial charge in [-0.15, -0.1) is 11.3 Å². The van der Waals surface area contributed by atoms with Crippen LogP contribution in [0.2, 0.25) is 0 Å². The van der Waals surface area contributed by atoms with Crippen molar-refractivity contribution in [3.8, 4) is 28.5 Å². The molecular weight excluding hydrogens is 590 g/mol. The summed E-state index contributed by atoms with van der Waals surface area (Å²) in [6.45, 7) is 1.82. The summed E-state index contributed by atoms with van der Waals surface area (Å²) in [4.78, 5) is 29.7. The van der Waals surface area contributed by atoms with Gasteiger partial charge in [0.1, 0.15) is 5.75 Å². The molecule has 228 valence electrons. The number of thiazole rings is 1. The quantitative estimate of drug-likeness (QED) is 0.105. The van der Waals surface area contributed by atoms with Crippen LogP contribution in [0, 0.1) is 6.92 Å². The zero-order chi connectivity index (χ0) is 31.6. The molecule has 1 aromatic heterocycles. The summed E-state index contributed by atoms with van der Waals surface area (Å²) >= 11 is 1.51. The highest BCUT2D eigenvalue weighted by molar-refractivity contribution is 7.14. The van der Waals surface area contributed by atoms with Gasteiger partial charge < -0.3 is 24.8 Å². The highest BCUT2D eigenvalue weighted by Crippen LogP contribution is 2.29. The standard InChI is InChI=1S/C34H31N5O5S/c1-22-8-15-26(16-9-22)36-34-38-28(21-45-34)24-11-13-25(14-12-24)33(41)39-35-19-23-10-17-30(31(18-23)43-3)44-20-32(40)37-27-6-4-5-7-29(27)42-2/h4-19,21H,20H2,1-3H3,(H,36,38)(H,37,40)(H,39,41)/b35-19+. The van der Waals surface area contributed by atoms with Crippen LogP contribution >= 0.6 is 11.3 Å². The van der Waals surface area contributed by atoms with E-state index in [1.807, 2.05) is 54.8 Å². The Kier molecular flexibility index (Phi) is 10.0. The van der Waals surface area contributed by atoms with Crippen LogP contribution in [0.3, 0.4) is 0 Å². The third kappa shape index (κ3) is 8.24. The zero-order valence-electron chi connectivity index (χ0n) is 24.9. The van der Waals surface area contributed by atoms with E-state index >= 15 is 0 Å². The maximum Gasteiger partial charge on any atom is 0.271 e. The molecule has 4 aromatic carbocycles. The molecular formula is C34H31N5O5S. The van der Waals surface area contributed by atoms with Crippen molar-refractivity contribution in [2.45, 2.75) is 6.92 Å². The molecule has 0 atom stereocenters. The molecule has 0 radical (unpaired) electrons. The van der Waals surface area contributed by atoms with Gasteiger partial charge in [0.25, 0.3) is 11.8 Å². The van der Waals surface area contributed by atoms with Crippen LogP contribution in [0.15, 0.2) is 101 Å². The molecule has 0 saturated carbocycles. The second kappa shape index (κ2) is 14.7. The molecule has 0 fully saturated rings. The summed E-state index contributed by atoms with van der Waals surface area (Å²) in [5.74, 6) is 0.630. The van der Waals surface area contributed by atoms with Gasteiger partial charge in [0.15, 0.2) is 23.2 Å². The van der Waals surface area contributed by atoms with Crippen molar-refractivity contribution < 1.29 is 23.8 Å². The van der Waals surface area contributed by atoms with Crippen molar-refractivity contribution >= 4 is 45.9 Å². The Morgan fingerprint density at radius 2 is 1.64 bits per heavy atom. The van der Waals surface area contributed by atoms with E-state index in [0.717, 1.165) is 22.1 Å². The summed E-state index contributed by atoms with van der Waals surface area (Å²) < 4.78 is 16.3. The van der Waals surface area contributed by atoms with Crippen molar-refractivity contribution in [3.05, 3.63) is 113 Å². The molecule has 0 aliphatic carbocycles. The topological polar surface area (TPSA) is 123 Å². The van der Waals surface area contributed by atoms with Gasteiger partial charge in [-0.2, -0.15) is 5.10 Å².